The molecule has 0 saturated carbocycles. The Morgan fingerprint density at radius 2 is 0.775 bits per heavy atom. The average molecular weight is 1250 g/mol. The van der Waals surface area contributed by atoms with Crippen molar-refractivity contribution in [3.8, 4) is 0 Å². The van der Waals surface area contributed by atoms with Gasteiger partial charge in [0.25, 0.3) is 0 Å². The number of esters is 1. The summed E-state index contributed by atoms with van der Waals surface area (Å²) in [6.45, 7) is 5.76. The van der Waals surface area contributed by atoms with Gasteiger partial charge < -0.3 is 45.1 Å². The smallest absolute Gasteiger partial charge is 0.306 e. The maximum atomic E-state index is 13.5. The number of carbonyl (C=O) groups is 2. The van der Waals surface area contributed by atoms with Crippen LogP contribution >= 0.6 is 0 Å². The van der Waals surface area contributed by atoms with Crippen LogP contribution in [-0.2, 0) is 23.8 Å². The lowest BCUT2D eigenvalue weighted by molar-refractivity contribution is -0.305. The summed E-state index contributed by atoms with van der Waals surface area (Å²) in [4.78, 5) is 26.7. The van der Waals surface area contributed by atoms with Crippen molar-refractivity contribution in [1.82, 2.24) is 5.32 Å². The highest BCUT2D eigenvalue weighted by Crippen LogP contribution is 2.26. The maximum absolute atomic E-state index is 13.5. The number of nitrogens with one attached hydrogen (secondary N) is 1. The van der Waals surface area contributed by atoms with Gasteiger partial charge in [-0.1, -0.05) is 311 Å². The van der Waals surface area contributed by atoms with Crippen molar-refractivity contribution in [1.29, 1.82) is 0 Å². The van der Waals surface area contributed by atoms with E-state index in [-0.39, 0.29) is 19.4 Å². The van der Waals surface area contributed by atoms with Crippen molar-refractivity contribution < 1.29 is 49.3 Å². The summed E-state index contributed by atoms with van der Waals surface area (Å²) in [6.07, 6.45) is 76.2. The fourth-order valence-electron chi connectivity index (χ4n) is 11.4. The molecule has 0 aromatic rings. The van der Waals surface area contributed by atoms with Crippen LogP contribution in [0.25, 0.3) is 0 Å². The maximum Gasteiger partial charge on any atom is 0.306 e. The third-order valence-electron chi connectivity index (χ3n) is 17.3. The van der Waals surface area contributed by atoms with Gasteiger partial charge in [-0.15, -0.1) is 0 Å². The number of rotatable bonds is 64. The Morgan fingerprint density at radius 3 is 1.18 bits per heavy atom. The summed E-state index contributed by atoms with van der Waals surface area (Å²) < 4.78 is 17.7. The van der Waals surface area contributed by atoms with Crippen molar-refractivity contribution in [2.24, 2.45) is 0 Å². The number of unbranched alkanes of at least 4 members (excludes halogenated alkanes) is 38. The van der Waals surface area contributed by atoms with E-state index in [1.807, 2.05) is 6.08 Å². The van der Waals surface area contributed by atoms with Crippen molar-refractivity contribution in [2.45, 2.75) is 384 Å². The molecule has 0 bridgehead atoms. The van der Waals surface area contributed by atoms with E-state index in [4.69, 9.17) is 14.2 Å². The highest BCUT2D eigenvalue weighted by Gasteiger charge is 2.47. The molecule has 0 radical (unpaired) electrons. The molecule has 0 aromatic carbocycles. The molecule has 516 valence electrons. The van der Waals surface area contributed by atoms with Crippen molar-refractivity contribution >= 4 is 11.9 Å². The molecule has 11 heteroatoms. The van der Waals surface area contributed by atoms with Gasteiger partial charge in [0.15, 0.2) is 12.4 Å². The first kappa shape index (κ1) is 83.9. The molecule has 1 aliphatic rings. The standard InChI is InChI=1S/C78H139NO10/c1-4-7-10-13-16-19-22-24-26-28-30-32-34-35-36-37-38-40-42-44-46-48-51-54-57-60-63-66-73(83)89-76-75(85)74(84)72(67-80)88-78(76)87-68-69(70(81)64-61-58-55-52-49-21-18-15-12-9-6-3)79-77(86)71(82)65-62-59-56-53-50-47-45-43-41-39-33-31-29-27-25-23-20-17-14-11-8-5-2/h16-17,19-20,24-27,30-33,61,64,69-72,74-76,78,80-82,84-85H,4-15,18,21-23,28-29,34-60,62-63,65-68H2,1-3H3,(H,79,86)/b19-16-,20-17-,26-24-,27-25-,32-30-,33-31-,64-61+. The third-order valence-corrected chi connectivity index (χ3v) is 17.3. The van der Waals surface area contributed by atoms with Crippen LogP contribution in [0.2, 0.25) is 0 Å². The van der Waals surface area contributed by atoms with E-state index in [2.05, 4.69) is 99.0 Å². The Labute approximate surface area is 546 Å². The van der Waals surface area contributed by atoms with E-state index in [0.29, 0.717) is 12.8 Å². The lowest BCUT2D eigenvalue weighted by Crippen LogP contribution is -2.61. The van der Waals surface area contributed by atoms with Crippen molar-refractivity contribution in [3.63, 3.8) is 0 Å². The molecule has 0 aliphatic carbocycles. The number of hydrogen-bond acceptors (Lipinski definition) is 10. The zero-order valence-electron chi connectivity index (χ0n) is 57.5. The van der Waals surface area contributed by atoms with E-state index in [9.17, 15) is 35.1 Å². The molecule has 8 atom stereocenters. The number of carbonyl (C=O) groups excluding carboxylic acids is 2. The first-order valence-corrected chi connectivity index (χ1v) is 37.4. The molecule has 1 rings (SSSR count). The summed E-state index contributed by atoms with van der Waals surface area (Å²) in [5.41, 5.74) is 0. The van der Waals surface area contributed by atoms with Crippen molar-refractivity contribution in [3.05, 3.63) is 85.1 Å². The highest BCUT2D eigenvalue weighted by molar-refractivity contribution is 5.80. The molecule has 1 heterocycles. The van der Waals surface area contributed by atoms with Crippen molar-refractivity contribution in [2.75, 3.05) is 13.2 Å². The second-order valence-electron chi connectivity index (χ2n) is 25.7. The normalized spacial score (nSPS) is 18.6. The van der Waals surface area contributed by atoms with Crippen LogP contribution in [0, 0.1) is 0 Å². The number of amides is 1. The SMILES string of the molecule is CCCCC/C=C\C/C=C\C/C=C\CCCCCCCCCCCCCCCCC(=O)OC1C(OCC(NC(=O)C(O)CCCCCCCCCCC/C=C\C/C=C\C/C=C\CCCCC)C(O)/C=C/CCCCCCCCCCC)OC(CO)C(O)C1O. The molecular formula is C78H139NO10. The van der Waals surface area contributed by atoms with Gasteiger partial charge in [0, 0.05) is 6.42 Å². The van der Waals surface area contributed by atoms with Crippen LogP contribution in [0.3, 0.4) is 0 Å². The highest BCUT2D eigenvalue weighted by atomic mass is 16.7. The van der Waals surface area contributed by atoms with Crippen LogP contribution in [0.1, 0.15) is 335 Å². The van der Waals surface area contributed by atoms with E-state index >= 15 is 0 Å². The number of allylic oxidation sites excluding steroid dienone is 13. The van der Waals surface area contributed by atoms with Crippen LogP contribution in [0.5, 0.6) is 0 Å². The van der Waals surface area contributed by atoms with E-state index in [1.54, 1.807) is 6.08 Å². The van der Waals surface area contributed by atoms with Gasteiger partial charge in [0.1, 0.15) is 24.4 Å². The monoisotopic (exact) mass is 1250 g/mol. The second-order valence-corrected chi connectivity index (χ2v) is 25.7. The number of aliphatic hydroxyl groups excluding tert-OH is 5. The van der Waals surface area contributed by atoms with Crippen LogP contribution in [0.4, 0.5) is 0 Å². The first-order valence-electron chi connectivity index (χ1n) is 37.4. The van der Waals surface area contributed by atoms with Gasteiger partial charge in [0.2, 0.25) is 5.91 Å². The summed E-state index contributed by atoms with van der Waals surface area (Å²) in [5.74, 6) is -1.19. The summed E-state index contributed by atoms with van der Waals surface area (Å²) in [6, 6.07) is -1.03. The van der Waals surface area contributed by atoms with E-state index in [1.165, 1.54) is 199 Å². The molecule has 1 aliphatic heterocycles. The molecule has 6 N–H and O–H groups in total. The predicted octanol–water partition coefficient (Wildman–Crippen LogP) is 19.6. The molecule has 0 aromatic heterocycles. The van der Waals surface area contributed by atoms with Gasteiger partial charge in [0.05, 0.1) is 25.4 Å². The summed E-state index contributed by atoms with van der Waals surface area (Å²) in [5, 5.41) is 57.3. The van der Waals surface area contributed by atoms with Gasteiger partial charge in [-0.05, 0) is 103 Å². The average Bonchev–Trinajstić information content (AvgIpc) is 1.43. The van der Waals surface area contributed by atoms with Crippen LogP contribution in [0.15, 0.2) is 85.1 Å². The third kappa shape index (κ3) is 52.0. The Kier molecular flexibility index (Phi) is 61.2. The van der Waals surface area contributed by atoms with Gasteiger partial charge in [-0.25, -0.2) is 0 Å². The molecule has 11 nitrogen and oxygen atoms in total. The lowest BCUT2D eigenvalue weighted by atomic mass is 9.99. The van der Waals surface area contributed by atoms with Crippen LogP contribution < -0.4 is 5.32 Å². The molecule has 89 heavy (non-hydrogen) atoms. The Hall–Kier alpha value is -3.16. The lowest BCUT2D eigenvalue weighted by Gasteiger charge is -2.41. The predicted molar refractivity (Wildman–Crippen MR) is 375 cm³/mol. The Bertz CT molecular complexity index is 1780. The fraction of sp³-hybridized carbons (Fsp3) is 0.795. The first-order chi connectivity index (χ1) is 43.7. The minimum absolute atomic E-state index is 0.121. The van der Waals surface area contributed by atoms with Crippen LogP contribution in [-0.4, -0.2) is 99.6 Å². The zero-order chi connectivity index (χ0) is 64.6. The largest absolute Gasteiger partial charge is 0.454 e. The van der Waals surface area contributed by atoms with E-state index < -0.39 is 67.4 Å². The zero-order valence-corrected chi connectivity index (χ0v) is 57.5. The molecule has 1 fully saturated rings. The molecule has 1 amide bonds. The number of hydrogen-bond donors (Lipinski definition) is 6. The molecule has 0 spiro atoms. The number of aliphatic hydroxyl groups is 5. The van der Waals surface area contributed by atoms with Gasteiger partial charge in [-0.3, -0.25) is 9.59 Å². The van der Waals surface area contributed by atoms with Gasteiger partial charge in [-0.2, -0.15) is 0 Å². The minimum atomic E-state index is -1.62. The second kappa shape index (κ2) is 64.9. The molecule has 1 saturated heterocycles. The Morgan fingerprint density at radius 1 is 0.438 bits per heavy atom. The van der Waals surface area contributed by atoms with Gasteiger partial charge >= 0.3 is 5.97 Å². The summed E-state index contributed by atoms with van der Waals surface area (Å²) in [7, 11) is 0. The fourth-order valence-corrected chi connectivity index (χ4v) is 11.4. The quantitative estimate of drug-likeness (QED) is 0.0195. The number of ether oxygens (including phenoxy) is 3. The summed E-state index contributed by atoms with van der Waals surface area (Å²) >= 11 is 0. The van der Waals surface area contributed by atoms with E-state index in [0.717, 1.165) is 89.9 Å². The Balaban J connectivity index is 2.51. The molecule has 8 unspecified atom stereocenters. The molecular weight excluding hydrogens is 1110 g/mol. The topological polar surface area (TPSA) is 175 Å². The minimum Gasteiger partial charge on any atom is -0.454 e.